The van der Waals surface area contributed by atoms with E-state index in [1.54, 1.807) is 12.2 Å². The number of rotatable bonds is 11. The topological polar surface area (TPSA) is 201 Å². The summed E-state index contributed by atoms with van der Waals surface area (Å²) >= 11 is 0. The number of phosphoric acid groups is 2. The number of aliphatic hydroxyl groups is 1. The van der Waals surface area contributed by atoms with Crippen molar-refractivity contribution >= 4 is 27.2 Å². The van der Waals surface area contributed by atoms with Crippen molar-refractivity contribution in [2.75, 3.05) is 19.8 Å². The summed E-state index contributed by atoms with van der Waals surface area (Å²) < 4.78 is 50.6. The number of ketones is 2. The standard InChI is InChI=1S/C27H43NO12P2/c1-4-5-24-38-23-14-17(2)20-7-6-18-15-19(29)8-10-26(18,3)25(20)21(30)9-11-27(23,39-24)22(31)16-37-42(34,35)40-41(32,33)36-13-12-28/h8,10,15,17,20-21,23-25,30H,4-7,9,11-14,16,28H2,1-3H3,(H,32,33)(H,34,35)/t17-,20-,21-,23+,24?,25+,26-,27+/m0/s1. The molecule has 0 radical (unpaired) electrons. The average molecular weight is 636 g/mol. The SMILES string of the molecule is CCCC1O[C@@H]2C[C@H](C)[C@@H]3CCC4=CC(=O)C=C[C@]4(C)[C@H]3[C@@H](O)CC[C@]2(C(=O)COP(=O)(O)OP(=O)(O)OCCN)O1. The number of fused-ring (bicyclic) bond motifs is 4. The molecule has 0 bridgehead atoms. The van der Waals surface area contributed by atoms with Crippen LogP contribution in [0.5, 0.6) is 0 Å². The van der Waals surface area contributed by atoms with Crippen LogP contribution in [0.1, 0.15) is 65.7 Å². The van der Waals surface area contributed by atoms with Crippen molar-refractivity contribution in [3.63, 3.8) is 0 Å². The number of hydrogen-bond acceptors (Lipinski definition) is 11. The number of phosphoric ester groups is 2. The van der Waals surface area contributed by atoms with Crippen LogP contribution in [0.3, 0.4) is 0 Å². The zero-order valence-corrected chi connectivity index (χ0v) is 26.0. The van der Waals surface area contributed by atoms with Crippen LogP contribution < -0.4 is 5.73 Å². The number of ether oxygens (including phenoxy) is 2. The molecule has 4 aliphatic rings. The van der Waals surface area contributed by atoms with E-state index in [2.05, 4.69) is 15.8 Å². The first-order valence-electron chi connectivity index (χ1n) is 14.5. The van der Waals surface area contributed by atoms with Crippen molar-refractivity contribution in [1.29, 1.82) is 0 Å². The van der Waals surface area contributed by atoms with E-state index < -0.39 is 64.2 Å². The molecule has 13 nitrogen and oxygen atoms in total. The van der Waals surface area contributed by atoms with E-state index in [0.29, 0.717) is 19.3 Å². The summed E-state index contributed by atoms with van der Waals surface area (Å²) in [4.78, 5) is 45.7. The molecule has 42 heavy (non-hydrogen) atoms. The van der Waals surface area contributed by atoms with Gasteiger partial charge >= 0.3 is 15.6 Å². The lowest BCUT2D eigenvalue weighted by Crippen LogP contribution is -2.50. The number of nitrogens with two attached hydrogens (primary N) is 1. The smallest absolute Gasteiger partial charge is 0.393 e. The fourth-order valence-corrected chi connectivity index (χ4v) is 9.22. The zero-order valence-electron chi connectivity index (χ0n) is 24.3. The molecule has 5 N–H and O–H groups in total. The highest BCUT2D eigenvalue weighted by Gasteiger charge is 2.58. The average Bonchev–Trinajstić information content (AvgIpc) is 3.27. The van der Waals surface area contributed by atoms with Crippen LogP contribution in [-0.4, -0.2) is 70.3 Å². The van der Waals surface area contributed by atoms with Crippen molar-refractivity contribution in [1.82, 2.24) is 0 Å². The molecule has 1 saturated heterocycles. The second-order valence-corrected chi connectivity index (χ2v) is 15.0. The van der Waals surface area contributed by atoms with Gasteiger partial charge in [0.15, 0.2) is 23.5 Å². The number of aliphatic hydroxyl groups excluding tert-OH is 1. The minimum Gasteiger partial charge on any atom is -0.393 e. The molecule has 0 spiro atoms. The molecule has 1 aliphatic heterocycles. The molecule has 2 saturated carbocycles. The highest BCUT2D eigenvalue weighted by molar-refractivity contribution is 7.61. The Morgan fingerprint density at radius 1 is 1.21 bits per heavy atom. The minimum atomic E-state index is -5.22. The van der Waals surface area contributed by atoms with Crippen LogP contribution in [0, 0.1) is 23.2 Å². The summed E-state index contributed by atoms with van der Waals surface area (Å²) in [6.07, 6.45) is 6.17. The summed E-state index contributed by atoms with van der Waals surface area (Å²) in [5.41, 5.74) is 4.09. The fraction of sp³-hybridized carbons (Fsp3) is 0.778. The first-order valence-corrected chi connectivity index (χ1v) is 17.5. The first-order chi connectivity index (χ1) is 19.7. The predicted octanol–water partition coefficient (Wildman–Crippen LogP) is 3.32. The van der Waals surface area contributed by atoms with Gasteiger partial charge in [0.25, 0.3) is 0 Å². The summed E-state index contributed by atoms with van der Waals surface area (Å²) in [6.45, 7) is 4.52. The summed E-state index contributed by atoms with van der Waals surface area (Å²) in [5, 5.41) is 11.7. The highest BCUT2D eigenvalue weighted by atomic mass is 31.3. The van der Waals surface area contributed by atoms with Gasteiger partial charge in [0.05, 0.1) is 18.8 Å². The predicted molar refractivity (Wildman–Crippen MR) is 150 cm³/mol. The molecular formula is C27H43NO12P2. The maximum atomic E-state index is 13.8. The van der Waals surface area contributed by atoms with Gasteiger partial charge in [-0.05, 0) is 62.5 Å². The zero-order chi connectivity index (χ0) is 30.9. The maximum Gasteiger partial charge on any atom is 0.481 e. The van der Waals surface area contributed by atoms with Gasteiger partial charge < -0.3 is 30.1 Å². The van der Waals surface area contributed by atoms with Crippen molar-refractivity contribution < 1.29 is 56.4 Å². The lowest BCUT2D eigenvalue weighted by atomic mass is 9.54. The number of Topliss-reactive ketones (excluding diaryl/α,β-unsaturated/α-hetero) is 1. The van der Waals surface area contributed by atoms with Gasteiger partial charge in [0, 0.05) is 17.9 Å². The van der Waals surface area contributed by atoms with Crippen LogP contribution >= 0.6 is 15.6 Å². The molecular weight excluding hydrogens is 592 g/mol. The Labute approximate surface area is 246 Å². The van der Waals surface area contributed by atoms with Gasteiger partial charge in [-0.3, -0.25) is 18.6 Å². The van der Waals surface area contributed by atoms with Gasteiger partial charge in [-0.15, -0.1) is 0 Å². The molecule has 3 aliphatic carbocycles. The van der Waals surface area contributed by atoms with Gasteiger partial charge in [0.2, 0.25) is 0 Å². The normalized spacial score (nSPS) is 39.4. The molecule has 238 valence electrons. The summed E-state index contributed by atoms with van der Waals surface area (Å²) in [7, 11) is -10.2. The molecule has 15 heteroatoms. The third-order valence-corrected chi connectivity index (χ3v) is 11.8. The molecule has 0 aromatic rings. The van der Waals surface area contributed by atoms with Crippen molar-refractivity contribution in [3.8, 4) is 0 Å². The first kappa shape index (κ1) is 33.8. The molecule has 0 aromatic carbocycles. The third kappa shape index (κ3) is 7.08. The van der Waals surface area contributed by atoms with Gasteiger partial charge in [-0.2, -0.15) is 4.31 Å². The van der Waals surface area contributed by atoms with E-state index in [1.807, 2.05) is 19.9 Å². The van der Waals surface area contributed by atoms with E-state index in [-0.39, 0.29) is 42.9 Å². The molecule has 1 heterocycles. The third-order valence-electron chi connectivity index (χ3n) is 9.16. The molecule has 10 atom stereocenters. The molecule has 4 rings (SSSR count). The van der Waals surface area contributed by atoms with Crippen LogP contribution in [0.4, 0.5) is 0 Å². The van der Waals surface area contributed by atoms with Crippen molar-refractivity contribution in [2.24, 2.45) is 28.9 Å². The Morgan fingerprint density at radius 3 is 2.62 bits per heavy atom. The van der Waals surface area contributed by atoms with E-state index in [9.17, 15) is 33.6 Å². The lowest BCUT2D eigenvalue weighted by molar-refractivity contribution is -0.151. The van der Waals surface area contributed by atoms with E-state index in [1.165, 1.54) is 0 Å². The molecule has 3 fully saturated rings. The molecule has 3 unspecified atom stereocenters. The Balaban J connectivity index is 1.59. The second-order valence-electron chi connectivity index (χ2n) is 11.9. The summed E-state index contributed by atoms with van der Waals surface area (Å²) in [6, 6.07) is 0. The van der Waals surface area contributed by atoms with Crippen LogP contribution in [0.2, 0.25) is 0 Å². The van der Waals surface area contributed by atoms with Crippen molar-refractivity contribution in [2.45, 2.75) is 89.8 Å². The second kappa shape index (κ2) is 13.1. The Morgan fingerprint density at radius 2 is 1.93 bits per heavy atom. The fourth-order valence-electron chi connectivity index (χ4n) is 7.18. The Kier molecular flexibility index (Phi) is 10.6. The maximum absolute atomic E-state index is 13.8. The van der Waals surface area contributed by atoms with Crippen LogP contribution in [0.25, 0.3) is 0 Å². The van der Waals surface area contributed by atoms with E-state index in [0.717, 1.165) is 18.4 Å². The largest absolute Gasteiger partial charge is 0.481 e. The molecule has 0 aromatic heterocycles. The Bertz CT molecular complexity index is 1190. The highest BCUT2D eigenvalue weighted by Crippen LogP contribution is 2.61. The van der Waals surface area contributed by atoms with Crippen LogP contribution in [-0.2, 0) is 41.6 Å². The van der Waals surface area contributed by atoms with E-state index in [4.69, 9.17) is 19.7 Å². The monoisotopic (exact) mass is 635 g/mol. The summed E-state index contributed by atoms with van der Waals surface area (Å²) in [5.74, 6) is -0.943. The van der Waals surface area contributed by atoms with Gasteiger partial charge in [0.1, 0.15) is 6.61 Å². The van der Waals surface area contributed by atoms with E-state index >= 15 is 0 Å². The number of hydrogen-bond donors (Lipinski definition) is 4. The van der Waals surface area contributed by atoms with Crippen LogP contribution in [0.15, 0.2) is 23.8 Å². The molecule has 0 amide bonds. The quantitative estimate of drug-likeness (QED) is 0.241. The lowest BCUT2D eigenvalue weighted by Gasteiger charge is -2.51. The minimum absolute atomic E-state index is 0.0125. The number of carbonyl (C=O) groups is 2. The van der Waals surface area contributed by atoms with Crippen molar-refractivity contribution in [3.05, 3.63) is 23.8 Å². The van der Waals surface area contributed by atoms with Gasteiger partial charge in [-0.1, -0.05) is 38.8 Å². The number of allylic oxidation sites excluding steroid dienone is 4. The Hall–Kier alpha value is -1.08. The van der Waals surface area contributed by atoms with Gasteiger partial charge in [-0.25, -0.2) is 9.13 Å². The number of carbonyl (C=O) groups excluding carboxylic acids is 2.